The zero-order valence-electron chi connectivity index (χ0n) is 11.2. The maximum atomic E-state index is 6.03. The number of hydrogen-bond acceptors (Lipinski definition) is 2. The van der Waals surface area contributed by atoms with E-state index in [1.807, 2.05) is 30.3 Å². The van der Waals surface area contributed by atoms with Gasteiger partial charge in [0.1, 0.15) is 0 Å². The molecule has 0 radical (unpaired) electrons. The second-order valence-corrected chi connectivity index (χ2v) is 5.29. The van der Waals surface area contributed by atoms with Crippen LogP contribution in [0.25, 0.3) is 21.8 Å². The number of fused-ring (bicyclic) bond motifs is 5. The minimum absolute atomic E-state index is 0.865. The molecule has 0 aliphatic carbocycles. The van der Waals surface area contributed by atoms with Gasteiger partial charge in [-0.05, 0) is 30.3 Å². The number of hydrogen-bond donors (Lipinski definition) is 2. The van der Waals surface area contributed by atoms with Crippen molar-refractivity contribution in [3.05, 3.63) is 60.7 Å². The van der Waals surface area contributed by atoms with E-state index < -0.39 is 0 Å². The summed E-state index contributed by atoms with van der Waals surface area (Å²) >= 11 is 0. The van der Waals surface area contributed by atoms with Crippen LogP contribution in [0.3, 0.4) is 0 Å². The van der Waals surface area contributed by atoms with Crippen molar-refractivity contribution in [1.82, 2.24) is 4.98 Å². The van der Waals surface area contributed by atoms with Crippen LogP contribution in [-0.2, 0) is 0 Å². The summed E-state index contributed by atoms with van der Waals surface area (Å²) in [6.45, 7) is 0. The zero-order chi connectivity index (χ0) is 13.8. The van der Waals surface area contributed by atoms with Gasteiger partial charge < -0.3 is 15.0 Å². The Morgan fingerprint density at radius 1 is 0.667 bits per heavy atom. The van der Waals surface area contributed by atoms with Gasteiger partial charge in [0.05, 0.1) is 11.4 Å². The summed E-state index contributed by atoms with van der Waals surface area (Å²) in [6.07, 6.45) is 0. The number of para-hydroxylation sites is 3. The highest BCUT2D eigenvalue weighted by molar-refractivity contribution is 6.09. The van der Waals surface area contributed by atoms with Gasteiger partial charge in [-0.2, -0.15) is 0 Å². The lowest BCUT2D eigenvalue weighted by atomic mass is 10.1. The first-order chi connectivity index (χ1) is 10.4. The summed E-state index contributed by atoms with van der Waals surface area (Å²) in [4.78, 5) is 3.46. The van der Waals surface area contributed by atoms with Crippen molar-refractivity contribution >= 4 is 33.2 Å². The monoisotopic (exact) mass is 272 g/mol. The van der Waals surface area contributed by atoms with E-state index in [9.17, 15) is 0 Å². The van der Waals surface area contributed by atoms with Gasteiger partial charge in [-0.25, -0.2) is 0 Å². The lowest BCUT2D eigenvalue weighted by Crippen LogP contribution is -2.02. The Morgan fingerprint density at radius 3 is 2.52 bits per heavy atom. The summed E-state index contributed by atoms with van der Waals surface area (Å²) in [5.41, 5.74) is 4.26. The molecule has 0 unspecified atom stereocenters. The molecular weight excluding hydrogens is 260 g/mol. The largest absolute Gasteiger partial charge is 0.453 e. The van der Waals surface area contributed by atoms with Crippen LogP contribution in [0, 0.1) is 0 Å². The van der Waals surface area contributed by atoms with Crippen molar-refractivity contribution in [3.8, 4) is 11.5 Å². The second kappa shape index (κ2) is 3.79. The lowest BCUT2D eigenvalue weighted by molar-refractivity contribution is 0.482. The Bertz CT molecular complexity index is 1000. The van der Waals surface area contributed by atoms with Crippen molar-refractivity contribution in [1.29, 1.82) is 0 Å². The molecule has 2 N–H and O–H groups in total. The van der Waals surface area contributed by atoms with Crippen molar-refractivity contribution in [3.63, 3.8) is 0 Å². The molecule has 4 aromatic rings. The van der Waals surface area contributed by atoms with E-state index in [0.717, 1.165) is 33.9 Å². The van der Waals surface area contributed by atoms with E-state index >= 15 is 0 Å². The number of rotatable bonds is 0. The maximum Gasteiger partial charge on any atom is 0.151 e. The molecule has 3 nitrogen and oxygen atoms in total. The molecule has 1 aromatic heterocycles. The number of benzene rings is 3. The number of H-pyrrole nitrogens is 1. The number of ether oxygens (including phenoxy) is 1. The number of nitrogens with one attached hydrogen (secondary N) is 2. The van der Waals surface area contributed by atoms with Crippen molar-refractivity contribution < 1.29 is 4.74 Å². The molecule has 0 bridgehead atoms. The minimum atomic E-state index is 0.865. The number of aromatic amines is 1. The fourth-order valence-electron chi connectivity index (χ4n) is 2.98. The quantitative estimate of drug-likeness (QED) is 0.408. The highest BCUT2D eigenvalue weighted by atomic mass is 16.5. The molecule has 0 amide bonds. The van der Waals surface area contributed by atoms with Crippen molar-refractivity contribution in [2.75, 3.05) is 5.32 Å². The van der Waals surface area contributed by atoms with Crippen LogP contribution in [0.2, 0.25) is 0 Å². The van der Waals surface area contributed by atoms with Gasteiger partial charge in [0.2, 0.25) is 0 Å². The molecule has 21 heavy (non-hydrogen) atoms. The third-order valence-electron chi connectivity index (χ3n) is 3.98. The van der Waals surface area contributed by atoms with Crippen LogP contribution in [0.4, 0.5) is 11.4 Å². The zero-order valence-corrected chi connectivity index (χ0v) is 11.2. The van der Waals surface area contributed by atoms with Gasteiger partial charge in [-0.15, -0.1) is 0 Å². The molecule has 5 rings (SSSR count). The van der Waals surface area contributed by atoms with Gasteiger partial charge >= 0.3 is 0 Å². The minimum Gasteiger partial charge on any atom is -0.453 e. The third kappa shape index (κ3) is 1.48. The van der Waals surface area contributed by atoms with Gasteiger partial charge in [-0.1, -0.05) is 30.3 Å². The fourth-order valence-corrected chi connectivity index (χ4v) is 2.98. The third-order valence-corrected chi connectivity index (χ3v) is 3.98. The molecule has 3 aromatic carbocycles. The Hall–Kier alpha value is -2.94. The second-order valence-electron chi connectivity index (χ2n) is 5.29. The highest BCUT2D eigenvalue weighted by Gasteiger charge is 2.17. The van der Waals surface area contributed by atoms with E-state index in [-0.39, 0.29) is 0 Å². The Morgan fingerprint density at radius 2 is 1.52 bits per heavy atom. The Kier molecular flexibility index (Phi) is 1.95. The van der Waals surface area contributed by atoms with Crippen LogP contribution >= 0.6 is 0 Å². The summed E-state index contributed by atoms with van der Waals surface area (Å²) in [7, 11) is 0. The first-order valence-electron chi connectivity index (χ1n) is 6.97. The highest BCUT2D eigenvalue weighted by Crippen LogP contribution is 2.44. The Balaban J connectivity index is 1.79. The number of aromatic nitrogens is 1. The van der Waals surface area contributed by atoms with E-state index in [4.69, 9.17) is 4.74 Å². The van der Waals surface area contributed by atoms with E-state index in [0.29, 0.717) is 0 Å². The molecule has 0 saturated carbocycles. The van der Waals surface area contributed by atoms with Gasteiger partial charge in [0, 0.05) is 21.8 Å². The van der Waals surface area contributed by atoms with Crippen molar-refractivity contribution in [2.24, 2.45) is 0 Å². The molecule has 0 spiro atoms. The summed E-state index contributed by atoms with van der Waals surface area (Å²) in [6, 6.07) is 20.5. The maximum absolute atomic E-state index is 6.03. The molecule has 0 fully saturated rings. The first kappa shape index (κ1) is 10.8. The lowest BCUT2D eigenvalue weighted by Gasteiger charge is -2.21. The average Bonchev–Trinajstić information content (AvgIpc) is 2.88. The molecule has 1 aliphatic heterocycles. The fraction of sp³-hybridized carbons (Fsp3) is 0. The number of anilines is 2. The van der Waals surface area contributed by atoms with Crippen LogP contribution in [-0.4, -0.2) is 4.98 Å². The summed E-state index contributed by atoms with van der Waals surface area (Å²) < 4.78 is 6.03. The predicted molar refractivity (Wildman–Crippen MR) is 85.6 cm³/mol. The van der Waals surface area contributed by atoms with Gasteiger partial charge in [0.15, 0.2) is 11.5 Å². The molecule has 2 heterocycles. The topological polar surface area (TPSA) is 37.0 Å². The van der Waals surface area contributed by atoms with Crippen molar-refractivity contribution in [2.45, 2.75) is 0 Å². The SMILES string of the molecule is c1ccc2c(c1)Nc1cc3[nH]c4ccccc4c3cc1O2. The summed E-state index contributed by atoms with van der Waals surface area (Å²) in [5.74, 6) is 1.73. The molecule has 100 valence electrons. The van der Waals surface area contributed by atoms with Crippen LogP contribution in [0.15, 0.2) is 60.7 Å². The van der Waals surface area contributed by atoms with Crippen LogP contribution in [0.1, 0.15) is 0 Å². The van der Waals surface area contributed by atoms with E-state index in [1.54, 1.807) is 0 Å². The molecule has 0 atom stereocenters. The molecule has 3 heteroatoms. The normalized spacial score (nSPS) is 12.6. The van der Waals surface area contributed by atoms with E-state index in [2.05, 4.69) is 40.6 Å². The first-order valence-corrected chi connectivity index (χ1v) is 6.97. The molecule has 1 aliphatic rings. The van der Waals surface area contributed by atoms with Crippen LogP contribution < -0.4 is 10.1 Å². The Labute approximate surface area is 121 Å². The summed E-state index contributed by atoms with van der Waals surface area (Å²) in [5, 5.41) is 5.84. The molecular formula is C18H12N2O. The van der Waals surface area contributed by atoms with Crippen LogP contribution in [0.5, 0.6) is 11.5 Å². The average molecular weight is 272 g/mol. The smallest absolute Gasteiger partial charge is 0.151 e. The van der Waals surface area contributed by atoms with Gasteiger partial charge in [-0.3, -0.25) is 0 Å². The van der Waals surface area contributed by atoms with E-state index in [1.165, 1.54) is 10.8 Å². The standard InChI is InChI=1S/C18H12N2O/c1-2-6-13-11(5-1)12-9-18-16(10-15(12)19-13)20-14-7-3-4-8-17(14)21-18/h1-10,19-20H. The van der Waals surface area contributed by atoms with Gasteiger partial charge in [0.25, 0.3) is 0 Å². The molecule has 0 saturated heterocycles. The predicted octanol–water partition coefficient (Wildman–Crippen LogP) is 5.17.